The van der Waals surface area contributed by atoms with E-state index in [2.05, 4.69) is 12.0 Å². The molecule has 1 aliphatic rings. The molecule has 3 rings (SSSR count). The Labute approximate surface area is 123 Å². The third kappa shape index (κ3) is 2.38. The number of Topliss-reactive ketones (excluding diaryl/α,β-unsaturated/α-hetero) is 1. The summed E-state index contributed by atoms with van der Waals surface area (Å²) in [5, 5.41) is 5.38. The van der Waals surface area contributed by atoms with Crippen molar-refractivity contribution in [3.63, 3.8) is 0 Å². The number of benzene rings is 1. The second-order valence-corrected chi connectivity index (χ2v) is 5.62. The van der Waals surface area contributed by atoms with Crippen molar-refractivity contribution in [1.29, 1.82) is 0 Å². The van der Waals surface area contributed by atoms with Crippen LogP contribution >= 0.6 is 11.6 Å². The van der Waals surface area contributed by atoms with Crippen molar-refractivity contribution in [3.8, 4) is 0 Å². The van der Waals surface area contributed by atoms with E-state index in [9.17, 15) is 4.79 Å². The topological polar surface area (TPSA) is 34.9 Å². The minimum absolute atomic E-state index is 0.255. The molecule has 0 spiro atoms. The molecule has 1 aromatic heterocycles. The summed E-state index contributed by atoms with van der Waals surface area (Å²) in [6.07, 6.45) is 3.34. The summed E-state index contributed by atoms with van der Waals surface area (Å²) in [7, 11) is 0. The van der Waals surface area contributed by atoms with E-state index in [0.717, 1.165) is 46.8 Å². The molecule has 0 saturated carbocycles. The molecular formula is C16H17ClN2O. The quantitative estimate of drug-likeness (QED) is 0.864. The zero-order valence-corrected chi connectivity index (χ0v) is 12.3. The number of aryl methyl sites for hydroxylation is 1. The van der Waals surface area contributed by atoms with Gasteiger partial charge in [-0.1, -0.05) is 30.7 Å². The molecule has 0 bridgehead atoms. The molecule has 0 amide bonds. The van der Waals surface area contributed by atoms with Crippen molar-refractivity contribution >= 4 is 17.4 Å². The summed E-state index contributed by atoms with van der Waals surface area (Å²) in [6.45, 7) is 2.75. The highest BCUT2D eigenvalue weighted by Crippen LogP contribution is 2.25. The average molecular weight is 289 g/mol. The second kappa shape index (κ2) is 5.41. The van der Waals surface area contributed by atoms with Gasteiger partial charge in [0.25, 0.3) is 0 Å². The van der Waals surface area contributed by atoms with Crippen LogP contribution in [0.1, 0.15) is 47.1 Å². The van der Waals surface area contributed by atoms with Gasteiger partial charge >= 0.3 is 0 Å². The van der Waals surface area contributed by atoms with Gasteiger partial charge in [0, 0.05) is 17.1 Å². The summed E-state index contributed by atoms with van der Waals surface area (Å²) in [5.41, 5.74) is 4.08. The lowest BCUT2D eigenvalue weighted by Gasteiger charge is -2.13. The fraction of sp³-hybridized carbons (Fsp3) is 0.375. The van der Waals surface area contributed by atoms with Crippen molar-refractivity contribution in [3.05, 3.63) is 51.8 Å². The van der Waals surface area contributed by atoms with E-state index in [1.807, 2.05) is 28.9 Å². The van der Waals surface area contributed by atoms with Crippen LogP contribution in [0.4, 0.5) is 0 Å². The molecule has 104 valence electrons. The van der Waals surface area contributed by atoms with E-state index >= 15 is 0 Å². The molecule has 0 N–H and O–H groups in total. The maximum absolute atomic E-state index is 12.1. The number of ketones is 1. The smallest absolute Gasteiger partial charge is 0.166 e. The minimum Gasteiger partial charge on any atom is -0.294 e. The first-order valence-electron chi connectivity index (χ1n) is 7.05. The Balaban J connectivity index is 1.98. The average Bonchev–Trinajstić information content (AvgIpc) is 2.81. The number of carbonyl (C=O) groups excluding carboxylic acids is 1. The molecule has 1 heterocycles. The molecular weight excluding hydrogens is 272 g/mol. The Morgan fingerprint density at radius 3 is 2.70 bits per heavy atom. The van der Waals surface area contributed by atoms with Gasteiger partial charge in [-0.15, -0.1) is 0 Å². The molecule has 20 heavy (non-hydrogen) atoms. The van der Waals surface area contributed by atoms with Crippen molar-refractivity contribution in [2.24, 2.45) is 0 Å². The maximum Gasteiger partial charge on any atom is 0.166 e. The fourth-order valence-electron chi connectivity index (χ4n) is 2.81. The number of nitrogens with zero attached hydrogens (tertiary/aromatic N) is 2. The minimum atomic E-state index is 0.255. The summed E-state index contributed by atoms with van der Waals surface area (Å²) in [6, 6.07) is 7.79. The lowest BCUT2D eigenvalue weighted by Crippen LogP contribution is -2.14. The van der Waals surface area contributed by atoms with Crippen LogP contribution < -0.4 is 0 Å². The van der Waals surface area contributed by atoms with Crippen LogP contribution in [0.5, 0.6) is 0 Å². The van der Waals surface area contributed by atoms with Gasteiger partial charge < -0.3 is 0 Å². The van der Waals surface area contributed by atoms with Crippen molar-refractivity contribution in [2.75, 3.05) is 0 Å². The first-order valence-corrected chi connectivity index (χ1v) is 7.43. The Morgan fingerprint density at radius 1 is 1.25 bits per heavy atom. The van der Waals surface area contributed by atoms with Gasteiger partial charge in [-0.3, -0.25) is 9.48 Å². The van der Waals surface area contributed by atoms with Gasteiger partial charge in [-0.05, 0) is 37.0 Å². The summed E-state index contributed by atoms with van der Waals surface area (Å²) < 4.78 is 1.99. The van der Waals surface area contributed by atoms with Crippen LogP contribution in [0.25, 0.3) is 0 Å². The van der Waals surface area contributed by atoms with E-state index in [4.69, 9.17) is 11.6 Å². The Morgan fingerprint density at radius 2 is 2.00 bits per heavy atom. The SMILES string of the molecule is CCc1nn(Cc2ccc(Cl)cc2)c2c1C(=O)CCC2. The normalized spacial score (nSPS) is 14.4. The third-order valence-corrected chi connectivity index (χ3v) is 4.06. The number of carbonyl (C=O) groups is 1. The zero-order chi connectivity index (χ0) is 14.1. The molecule has 4 heteroatoms. The Kier molecular flexibility index (Phi) is 3.62. The largest absolute Gasteiger partial charge is 0.294 e. The number of rotatable bonds is 3. The second-order valence-electron chi connectivity index (χ2n) is 5.18. The van der Waals surface area contributed by atoms with Crippen molar-refractivity contribution in [2.45, 2.75) is 39.2 Å². The molecule has 2 aromatic rings. The summed E-state index contributed by atoms with van der Waals surface area (Å²) in [5.74, 6) is 0.255. The predicted molar refractivity (Wildman–Crippen MR) is 79.4 cm³/mol. The Hall–Kier alpha value is -1.61. The van der Waals surface area contributed by atoms with Crippen LogP contribution in [-0.4, -0.2) is 15.6 Å². The van der Waals surface area contributed by atoms with Crippen LogP contribution in [0.15, 0.2) is 24.3 Å². The molecule has 1 aliphatic carbocycles. The number of fused-ring (bicyclic) bond motifs is 1. The highest BCUT2D eigenvalue weighted by atomic mass is 35.5. The van der Waals surface area contributed by atoms with Gasteiger partial charge in [0.2, 0.25) is 0 Å². The van der Waals surface area contributed by atoms with Gasteiger partial charge in [0.1, 0.15) is 0 Å². The highest BCUT2D eigenvalue weighted by molar-refractivity contribution is 6.30. The molecule has 0 radical (unpaired) electrons. The van der Waals surface area contributed by atoms with E-state index in [0.29, 0.717) is 13.0 Å². The molecule has 1 aromatic carbocycles. The summed E-state index contributed by atoms with van der Waals surface area (Å²) in [4.78, 5) is 12.1. The van der Waals surface area contributed by atoms with Crippen LogP contribution in [0.2, 0.25) is 5.02 Å². The van der Waals surface area contributed by atoms with Gasteiger partial charge in [0.15, 0.2) is 5.78 Å². The standard InChI is InChI=1S/C16H17ClN2O/c1-2-13-16-14(4-3-5-15(16)20)19(18-13)10-11-6-8-12(17)9-7-11/h6-9H,2-5,10H2,1H3. The number of hydrogen-bond donors (Lipinski definition) is 0. The number of aromatic nitrogens is 2. The molecule has 0 saturated heterocycles. The highest BCUT2D eigenvalue weighted by Gasteiger charge is 2.25. The Bertz CT molecular complexity index is 643. The first-order chi connectivity index (χ1) is 9.69. The van der Waals surface area contributed by atoms with Crippen molar-refractivity contribution in [1.82, 2.24) is 9.78 Å². The van der Waals surface area contributed by atoms with E-state index < -0.39 is 0 Å². The predicted octanol–water partition coefficient (Wildman–Crippen LogP) is 3.67. The lowest BCUT2D eigenvalue weighted by atomic mass is 9.94. The van der Waals surface area contributed by atoms with E-state index in [1.165, 1.54) is 0 Å². The van der Waals surface area contributed by atoms with Crippen LogP contribution in [0.3, 0.4) is 0 Å². The molecule has 0 aliphatic heterocycles. The molecule has 0 unspecified atom stereocenters. The lowest BCUT2D eigenvalue weighted by molar-refractivity contribution is 0.0971. The van der Waals surface area contributed by atoms with Gasteiger partial charge in [-0.25, -0.2) is 0 Å². The zero-order valence-electron chi connectivity index (χ0n) is 11.5. The van der Waals surface area contributed by atoms with Crippen molar-refractivity contribution < 1.29 is 4.79 Å². The fourth-order valence-corrected chi connectivity index (χ4v) is 2.94. The van der Waals surface area contributed by atoms with E-state index in [-0.39, 0.29) is 5.78 Å². The third-order valence-electron chi connectivity index (χ3n) is 3.81. The molecule has 3 nitrogen and oxygen atoms in total. The number of hydrogen-bond acceptors (Lipinski definition) is 2. The monoisotopic (exact) mass is 288 g/mol. The van der Waals surface area contributed by atoms with Crippen LogP contribution in [0, 0.1) is 0 Å². The number of halogens is 1. The first kappa shape index (κ1) is 13.4. The van der Waals surface area contributed by atoms with Gasteiger partial charge in [0.05, 0.1) is 17.8 Å². The van der Waals surface area contributed by atoms with Crippen LogP contribution in [-0.2, 0) is 19.4 Å². The molecule has 0 atom stereocenters. The molecule has 0 fully saturated rings. The van der Waals surface area contributed by atoms with Gasteiger partial charge in [-0.2, -0.15) is 5.10 Å². The maximum atomic E-state index is 12.1. The van der Waals surface area contributed by atoms with E-state index in [1.54, 1.807) is 0 Å². The summed E-state index contributed by atoms with van der Waals surface area (Å²) >= 11 is 5.91.